The lowest BCUT2D eigenvalue weighted by atomic mass is 9.98. The number of likely N-dealkylation sites (tertiary alicyclic amines) is 1. The van der Waals surface area contributed by atoms with Crippen molar-refractivity contribution in [3.05, 3.63) is 35.9 Å². The number of carbonyl (C=O) groups is 3. The normalized spacial score (nSPS) is 19.3. The van der Waals surface area contributed by atoms with Crippen molar-refractivity contribution in [1.82, 2.24) is 4.90 Å². The van der Waals surface area contributed by atoms with Gasteiger partial charge in [-0.15, -0.1) is 0 Å². The summed E-state index contributed by atoms with van der Waals surface area (Å²) in [4.78, 5) is 37.9. The van der Waals surface area contributed by atoms with Crippen molar-refractivity contribution in [2.75, 3.05) is 7.11 Å². The Labute approximate surface area is 136 Å². The van der Waals surface area contributed by atoms with Crippen LogP contribution in [0.4, 0.5) is 0 Å². The number of nitrogens with zero attached hydrogens (tertiary/aromatic N) is 1. The fourth-order valence-electron chi connectivity index (χ4n) is 3.02. The topological polar surface area (TPSA) is 63.7 Å². The molecule has 2 atom stereocenters. The number of amides is 2. The third-order valence-corrected chi connectivity index (χ3v) is 4.25. The zero-order chi connectivity index (χ0) is 17.0. The number of aryl methyl sites for hydroxylation is 1. The Hall–Kier alpha value is -2.17. The molecule has 1 fully saturated rings. The second-order valence-electron chi connectivity index (χ2n) is 6.24. The molecule has 1 aromatic rings. The van der Waals surface area contributed by atoms with E-state index in [4.69, 9.17) is 4.74 Å². The Morgan fingerprint density at radius 2 is 1.91 bits per heavy atom. The Morgan fingerprint density at radius 3 is 2.48 bits per heavy atom. The van der Waals surface area contributed by atoms with Gasteiger partial charge in [-0.25, -0.2) is 4.79 Å². The molecule has 1 aromatic carbocycles. The molecule has 23 heavy (non-hydrogen) atoms. The maximum atomic E-state index is 12.6. The number of benzene rings is 1. The molecule has 0 radical (unpaired) electrons. The van der Waals surface area contributed by atoms with Gasteiger partial charge in [-0.3, -0.25) is 14.5 Å². The summed E-state index contributed by atoms with van der Waals surface area (Å²) < 4.78 is 4.76. The number of hydrogen-bond donors (Lipinski definition) is 0. The van der Waals surface area contributed by atoms with E-state index >= 15 is 0 Å². The van der Waals surface area contributed by atoms with E-state index in [2.05, 4.69) is 0 Å². The summed E-state index contributed by atoms with van der Waals surface area (Å²) in [6, 6.07) is 9.03. The number of imide groups is 1. The molecule has 1 aliphatic heterocycles. The Kier molecular flexibility index (Phi) is 5.53. The predicted molar refractivity (Wildman–Crippen MR) is 85.4 cm³/mol. The third kappa shape index (κ3) is 3.78. The quantitative estimate of drug-likeness (QED) is 0.596. The number of rotatable bonds is 6. The van der Waals surface area contributed by atoms with Crippen LogP contribution in [-0.4, -0.2) is 35.8 Å². The van der Waals surface area contributed by atoms with E-state index in [1.807, 2.05) is 30.3 Å². The maximum Gasteiger partial charge on any atom is 0.329 e. The van der Waals surface area contributed by atoms with Crippen LogP contribution >= 0.6 is 0 Å². The molecule has 2 amide bonds. The SMILES string of the molecule is COC(=O)[C@@H](C(C)C)N1C(=O)C[C@@H](CCc2ccccc2)C1=O. The lowest BCUT2D eigenvalue weighted by molar-refractivity contribution is -0.158. The first-order valence-corrected chi connectivity index (χ1v) is 7.93. The average molecular weight is 317 g/mol. The first-order valence-electron chi connectivity index (χ1n) is 7.93. The van der Waals surface area contributed by atoms with E-state index < -0.39 is 12.0 Å². The van der Waals surface area contributed by atoms with E-state index in [1.54, 1.807) is 13.8 Å². The van der Waals surface area contributed by atoms with Crippen LogP contribution in [0.5, 0.6) is 0 Å². The van der Waals surface area contributed by atoms with Gasteiger partial charge in [-0.1, -0.05) is 44.2 Å². The van der Waals surface area contributed by atoms with Gasteiger partial charge in [0.15, 0.2) is 0 Å². The van der Waals surface area contributed by atoms with E-state index in [0.717, 1.165) is 16.9 Å². The standard InChI is InChI=1S/C18H23NO4/c1-12(2)16(18(22)23-3)19-15(20)11-14(17(19)21)10-9-13-7-5-4-6-8-13/h4-8,12,14,16H,9-11H2,1-3H3/t14-,16-/m1/s1. The van der Waals surface area contributed by atoms with Gasteiger partial charge in [0.25, 0.3) is 0 Å². The fraction of sp³-hybridized carbons (Fsp3) is 0.500. The van der Waals surface area contributed by atoms with Gasteiger partial charge in [0.2, 0.25) is 11.8 Å². The van der Waals surface area contributed by atoms with Crippen molar-refractivity contribution in [3.63, 3.8) is 0 Å². The number of carbonyl (C=O) groups excluding carboxylic acids is 3. The van der Waals surface area contributed by atoms with E-state index in [1.165, 1.54) is 7.11 Å². The van der Waals surface area contributed by atoms with Crippen molar-refractivity contribution in [3.8, 4) is 0 Å². The minimum absolute atomic E-state index is 0.173. The lowest BCUT2D eigenvalue weighted by Crippen LogP contribution is -2.48. The van der Waals surface area contributed by atoms with Crippen LogP contribution in [0.1, 0.15) is 32.3 Å². The maximum absolute atomic E-state index is 12.6. The van der Waals surface area contributed by atoms with Gasteiger partial charge in [0.05, 0.1) is 7.11 Å². The Bertz CT molecular complexity index is 582. The van der Waals surface area contributed by atoms with E-state index in [0.29, 0.717) is 6.42 Å². The van der Waals surface area contributed by atoms with Crippen molar-refractivity contribution in [2.45, 2.75) is 39.2 Å². The molecular formula is C18H23NO4. The van der Waals surface area contributed by atoms with E-state index in [-0.39, 0.29) is 30.1 Å². The average Bonchev–Trinajstić information content (AvgIpc) is 2.81. The zero-order valence-corrected chi connectivity index (χ0v) is 13.8. The molecule has 1 heterocycles. The van der Waals surface area contributed by atoms with Crippen molar-refractivity contribution in [1.29, 1.82) is 0 Å². The van der Waals surface area contributed by atoms with Crippen LogP contribution in [0.15, 0.2) is 30.3 Å². The zero-order valence-electron chi connectivity index (χ0n) is 13.8. The van der Waals surface area contributed by atoms with Gasteiger partial charge >= 0.3 is 5.97 Å². The highest BCUT2D eigenvalue weighted by Gasteiger charge is 2.45. The number of esters is 1. The van der Waals surface area contributed by atoms with Crippen molar-refractivity contribution >= 4 is 17.8 Å². The molecule has 2 rings (SSSR count). The first kappa shape index (κ1) is 17.2. The van der Waals surface area contributed by atoms with Crippen molar-refractivity contribution in [2.24, 2.45) is 11.8 Å². The van der Waals surface area contributed by atoms with Gasteiger partial charge < -0.3 is 4.74 Å². The molecular weight excluding hydrogens is 294 g/mol. The van der Waals surface area contributed by atoms with Crippen LogP contribution in [0.3, 0.4) is 0 Å². The lowest BCUT2D eigenvalue weighted by Gasteiger charge is -2.27. The van der Waals surface area contributed by atoms with Crippen LogP contribution in [0.25, 0.3) is 0 Å². The van der Waals surface area contributed by atoms with Crippen LogP contribution in [0.2, 0.25) is 0 Å². The molecule has 0 bridgehead atoms. The molecule has 0 aromatic heterocycles. The Balaban J connectivity index is 2.08. The summed E-state index contributed by atoms with van der Waals surface area (Å²) in [6.07, 6.45) is 1.52. The van der Waals surface area contributed by atoms with Gasteiger partial charge in [0, 0.05) is 12.3 Å². The molecule has 0 saturated carbocycles. The highest BCUT2D eigenvalue weighted by molar-refractivity contribution is 6.06. The highest BCUT2D eigenvalue weighted by Crippen LogP contribution is 2.28. The monoisotopic (exact) mass is 317 g/mol. The van der Waals surface area contributed by atoms with Gasteiger partial charge in [0.1, 0.15) is 6.04 Å². The molecule has 1 aliphatic rings. The number of ether oxygens (including phenoxy) is 1. The van der Waals surface area contributed by atoms with Crippen LogP contribution in [-0.2, 0) is 25.5 Å². The summed E-state index contributed by atoms with van der Waals surface area (Å²) in [6.45, 7) is 3.61. The number of hydrogen-bond acceptors (Lipinski definition) is 4. The molecule has 5 nitrogen and oxygen atoms in total. The van der Waals surface area contributed by atoms with Gasteiger partial charge in [-0.2, -0.15) is 0 Å². The summed E-state index contributed by atoms with van der Waals surface area (Å²) in [5, 5.41) is 0. The molecule has 5 heteroatoms. The third-order valence-electron chi connectivity index (χ3n) is 4.25. The summed E-state index contributed by atoms with van der Waals surface area (Å²) in [5.74, 6) is -1.60. The minimum Gasteiger partial charge on any atom is -0.467 e. The predicted octanol–water partition coefficient (Wildman–Crippen LogP) is 2.19. The molecule has 0 N–H and O–H groups in total. The summed E-state index contributed by atoms with van der Waals surface area (Å²) in [5.41, 5.74) is 1.14. The smallest absolute Gasteiger partial charge is 0.329 e. The van der Waals surface area contributed by atoms with Gasteiger partial charge in [-0.05, 0) is 24.3 Å². The minimum atomic E-state index is -0.832. The molecule has 0 unspecified atom stereocenters. The first-order chi connectivity index (χ1) is 11.0. The number of methoxy groups -OCH3 is 1. The largest absolute Gasteiger partial charge is 0.467 e. The van der Waals surface area contributed by atoms with Crippen LogP contribution < -0.4 is 0 Å². The summed E-state index contributed by atoms with van der Waals surface area (Å²) >= 11 is 0. The van der Waals surface area contributed by atoms with Crippen LogP contribution in [0, 0.1) is 11.8 Å². The highest BCUT2D eigenvalue weighted by atomic mass is 16.5. The molecule has 0 aliphatic carbocycles. The fourth-order valence-corrected chi connectivity index (χ4v) is 3.02. The molecule has 0 spiro atoms. The van der Waals surface area contributed by atoms with E-state index in [9.17, 15) is 14.4 Å². The summed E-state index contributed by atoms with van der Waals surface area (Å²) in [7, 11) is 1.27. The molecule has 124 valence electrons. The second kappa shape index (κ2) is 7.40. The molecule has 1 saturated heterocycles. The van der Waals surface area contributed by atoms with Crippen molar-refractivity contribution < 1.29 is 19.1 Å². The second-order valence-corrected chi connectivity index (χ2v) is 6.24. The Morgan fingerprint density at radius 1 is 1.26 bits per heavy atom.